The van der Waals surface area contributed by atoms with Crippen LogP contribution in [0.15, 0.2) is 71.9 Å². The lowest BCUT2D eigenvalue weighted by molar-refractivity contribution is -0.223. The van der Waals surface area contributed by atoms with E-state index in [1.807, 2.05) is 42.1 Å². The second kappa shape index (κ2) is 18.7. The fourth-order valence-electron chi connectivity index (χ4n) is 9.47. The molecule has 2 saturated carbocycles. The third-order valence-electron chi connectivity index (χ3n) is 11.9. The molecule has 0 amide bonds. The van der Waals surface area contributed by atoms with Crippen molar-refractivity contribution < 1.29 is 38.8 Å². The van der Waals surface area contributed by atoms with Gasteiger partial charge in [0.1, 0.15) is 23.5 Å². The molecular formula is C44H57NO8S. The number of thioether (sulfide) groups is 1. The number of hydrogen-bond donors (Lipinski definition) is 2. The Morgan fingerprint density at radius 1 is 0.963 bits per heavy atom. The number of oxime groups is 1. The zero-order valence-corrected chi connectivity index (χ0v) is 32.3. The molecule has 7 rings (SSSR count). The second-order valence-corrected chi connectivity index (χ2v) is 17.0. The molecule has 0 spiro atoms. The van der Waals surface area contributed by atoms with Crippen LogP contribution in [0.2, 0.25) is 0 Å². The first-order chi connectivity index (χ1) is 26.6. The standard InChI is InChI=1S/C44H57NO8S/c1-2-23-50-44-40(54-34-15-3-4-16-34)28-38(45-53-41-18-7-10-24-49-41)36-26-31(13-5-8-21-46)35(17-6-9-22-47)42(43(36)44)37-27-33(19-20-39(37)52-44)51-32-14-11-12-30(25-32)29-48/h2,11-12,14,19-20,25-27,29,31,34-35,40-43,46-47H,1,3-10,13,15-18,21-24,28H2/t31-,35+,40-,41?,42+,43+,44+/m0/s1. The molecule has 2 heterocycles. The Bertz CT molecular complexity index is 1630. The Balaban J connectivity index is 1.38. The number of benzene rings is 2. The van der Waals surface area contributed by atoms with Crippen molar-refractivity contribution in [2.45, 2.75) is 118 Å². The molecule has 1 saturated heterocycles. The van der Waals surface area contributed by atoms with Crippen molar-refractivity contribution in [3.05, 3.63) is 77.9 Å². The number of ether oxygens (including phenoxy) is 4. The van der Waals surface area contributed by atoms with Gasteiger partial charge in [-0.25, -0.2) is 0 Å². The van der Waals surface area contributed by atoms with Crippen LogP contribution in [0.5, 0.6) is 17.2 Å². The number of aliphatic hydroxyl groups excluding tert-OH is 2. The summed E-state index contributed by atoms with van der Waals surface area (Å²) in [7, 11) is 0. The topological polar surface area (TPSA) is 116 Å². The molecular weight excluding hydrogens is 703 g/mol. The summed E-state index contributed by atoms with van der Waals surface area (Å²) in [6, 6.07) is 13.3. The summed E-state index contributed by atoms with van der Waals surface area (Å²) < 4.78 is 26.8. The van der Waals surface area contributed by atoms with Crippen LogP contribution in [-0.4, -0.2) is 71.2 Å². The maximum Gasteiger partial charge on any atom is 0.230 e. The van der Waals surface area contributed by atoms with Gasteiger partial charge in [-0.3, -0.25) is 4.79 Å². The van der Waals surface area contributed by atoms with Crippen LogP contribution in [0.1, 0.15) is 112 Å². The van der Waals surface area contributed by atoms with Crippen LogP contribution in [0, 0.1) is 17.8 Å². The molecule has 292 valence electrons. The zero-order chi connectivity index (χ0) is 37.3. The predicted octanol–water partition coefficient (Wildman–Crippen LogP) is 9.13. The summed E-state index contributed by atoms with van der Waals surface area (Å²) in [6.07, 6.45) is 18.2. The number of unbranched alkanes of at least 4 members (excludes halogenated alkanes) is 2. The molecule has 5 aliphatic rings. The summed E-state index contributed by atoms with van der Waals surface area (Å²) in [5, 5.41) is 25.2. The van der Waals surface area contributed by atoms with E-state index in [9.17, 15) is 15.0 Å². The molecule has 54 heavy (non-hydrogen) atoms. The number of aliphatic hydroxyl groups is 2. The van der Waals surface area contributed by atoms with Crippen molar-refractivity contribution in [2.75, 3.05) is 26.4 Å². The van der Waals surface area contributed by atoms with E-state index in [2.05, 4.69) is 18.7 Å². The third-order valence-corrected chi connectivity index (χ3v) is 13.6. The lowest BCUT2D eigenvalue weighted by Gasteiger charge is -2.58. The Hall–Kier alpha value is -3.15. The first kappa shape index (κ1) is 39.1. The van der Waals surface area contributed by atoms with E-state index in [4.69, 9.17) is 28.9 Å². The van der Waals surface area contributed by atoms with E-state index in [1.54, 1.807) is 12.1 Å². The highest BCUT2D eigenvalue weighted by molar-refractivity contribution is 8.00. The van der Waals surface area contributed by atoms with E-state index >= 15 is 0 Å². The lowest BCUT2D eigenvalue weighted by Crippen LogP contribution is -2.64. The van der Waals surface area contributed by atoms with Gasteiger partial charge in [-0.1, -0.05) is 55.1 Å². The molecule has 9 nitrogen and oxygen atoms in total. The summed E-state index contributed by atoms with van der Waals surface area (Å²) in [5.74, 6) is 1.23. The minimum atomic E-state index is -0.989. The van der Waals surface area contributed by atoms with Gasteiger partial charge in [0.25, 0.3) is 0 Å². The van der Waals surface area contributed by atoms with Crippen molar-refractivity contribution in [2.24, 2.45) is 22.9 Å². The van der Waals surface area contributed by atoms with Gasteiger partial charge >= 0.3 is 0 Å². The molecule has 2 N–H and O–H groups in total. The summed E-state index contributed by atoms with van der Waals surface area (Å²) >= 11 is 2.00. The molecule has 10 heteroatoms. The Morgan fingerprint density at radius 3 is 2.52 bits per heavy atom. The molecule has 2 aromatic rings. The fourth-order valence-corrected chi connectivity index (χ4v) is 11.2. The highest BCUT2D eigenvalue weighted by Crippen LogP contribution is 2.63. The largest absolute Gasteiger partial charge is 0.460 e. The minimum absolute atomic E-state index is 0.0237. The Morgan fingerprint density at radius 2 is 1.76 bits per heavy atom. The molecule has 3 aliphatic carbocycles. The van der Waals surface area contributed by atoms with Gasteiger partial charge < -0.3 is 34.0 Å². The normalized spacial score (nSPS) is 29.8. The molecule has 2 aliphatic heterocycles. The molecule has 2 aromatic carbocycles. The maximum atomic E-state index is 11.6. The van der Waals surface area contributed by atoms with Crippen LogP contribution >= 0.6 is 11.8 Å². The molecule has 3 fully saturated rings. The fraction of sp³-hybridized carbons (Fsp3) is 0.591. The van der Waals surface area contributed by atoms with Crippen molar-refractivity contribution in [3.8, 4) is 17.2 Å². The lowest BCUT2D eigenvalue weighted by atomic mass is 9.56. The zero-order valence-electron chi connectivity index (χ0n) is 31.4. The average Bonchev–Trinajstić information content (AvgIpc) is 3.72. The van der Waals surface area contributed by atoms with Crippen molar-refractivity contribution >= 4 is 23.8 Å². The summed E-state index contributed by atoms with van der Waals surface area (Å²) in [5.41, 5.74) is 3.68. The van der Waals surface area contributed by atoms with Gasteiger partial charge in [0.15, 0.2) is 0 Å². The van der Waals surface area contributed by atoms with E-state index in [-0.39, 0.29) is 48.4 Å². The van der Waals surface area contributed by atoms with E-state index in [1.165, 1.54) is 25.7 Å². The first-order valence-electron chi connectivity index (χ1n) is 20.3. The Kier molecular flexibility index (Phi) is 13.5. The number of aldehydes is 1. The number of nitrogens with zero attached hydrogens (tertiary/aromatic N) is 1. The highest BCUT2D eigenvalue weighted by Gasteiger charge is 2.64. The van der Waals surface area contributed by atoms with Crippen LogP contribution < -0.4 is 9.47 Å². The molecule has 0 aromatic heterocycles. The van der Waals surface area contributed by atoms with Crippen LogP contribution in [0.3, 0.4) is 0 Å². The van der Waals surface area contributed by atoms with E-state index < -0.39 is 5.79 Å². The van der Waals surface area contributed by atoms with Gasteiger partial charge in [0.05, 0.1) is 30.1 Å². The van der Waals surface area contributed by atoms with Crippen molar-refractivity contribution in [3.63, 3.8) is 0 Å². The smallest absolute Gasteiger partial charge is 0.230 e. The summed E-state index contributed by atoms with van der Waals surface area (Å²) in [4.78, 5) is 17.8. The van der Waals surface area contributed by atoms with Gasteiger partial charge in [0.2, 0.25) is 12.1 Å². The highest BCUT2D eigenvalue weighted by atomic mass is 32.2. The monoisotopic (exact) mass is 759 g/mol. The number of carbonyl (C=O) groups excluding carboxylic acids is 1. The summed E-state index contributed by atoms with van der Waals surface area (Å²) in [6.45, 7) is 5.39. The minimum Gasteiger partial charge on any atom is -0.460 e. The number of carbonyl (C=O) groups is 1. The van der Waals surface area contributed by atoms with Gasteiger partial charge in [-0.05, 0) is 99.1 Å². The number of rotatable bonds is 18. The van der Waals surface area contributed by atoms with Crippen molar-refractivity contribution in [1.82, 2.24) is 0 Å². The maximum absolute atomic E-state index is 11.6. The molecule has 1 unspecified atom stereocenters. The van der Waals surface area contributed by atoms with E-state index in [0.29, 0.717) is 41.9 Å². The molecule has 7 atom stereocenters. The number of allylic oxidation sites excluding steroid dienone is 1. The number of hydrogen-bond acceptors (Lipinski definition) is 10. The van der Waals surface area contributed by atoms with Gasteiger partial charge in [-0.15, -0.1) is 18.3 Å². The third kappa shape index (κ3) is 8.63. The molecule has 0 bridgehead atoms. The SMILES string of the molecule is C=CCO[C@@]12Oc3ccc(Oc4cccc(C=O)c4)cc3[C@H]3[C@H](CCCCO)[C@@H](CCCCO)C=C(C(=NOC4CCCCO4)C[C@@H]1SC1CCCC1)[C@H]32. The first-order valence-corrected chi connectivity index (χ1v) is 21.3. The predicted molar refractivity (Wildman–Crippen MR) is 211 cm³/mol. The number of fused-ring (bicyclic) bond motifs is 2. The van der Waals surface area contributed by atoms with Crippen LogP contribution in [0.4, 0.5) is 0 Å². The second-order valence-electron chi connectivity index (χ2n) is 15.5. The van der Waals surface area contributed by atoms with Crippen molar-refractivity contribution in [1.29, 1.82) is 0 Å². The van der Waals surface area contributed by atoms with Crippen LogP contribution in [-0.2, 0) is 14.3 Å². The van der Waals surface area contributed by atoms with E-state index in [0.717, 1.165) is 86.7 Å². The van der Waals surface area contributed by atoms with Gasteiger partial charge in [0, 0.05) is 48.4 Å². The molecule has 0 radical (unpaired) electrons. The Labute approximate surface area is 324 Å². The van der Waals surface area contributed by atoms with Crippen LogP contribution in [0.25, 0.3) is 0 Å². The average molecular weight is 760 g/mol. The van der Waals surface area contributed by atoms with Gasteiger partial charge in [-0.2, -0.15) is 0 Å². The quantitative estimate of drug-likeness (QED) is 0.0665.